The number of hydrogen-bond donors (Lipinski definition) is 1. The summed E-state index contributed by atoms with van der Waals surface area (Å²) in [6, 6.07) is 26.9. The van der Waals surface area contributed by atoms with Gasteiger partial charge in [0, 0.05) is 19.0 Å². The molecule has 0 aliphatic heterocycles. The van der Waals surface area contributed by atoms with E-state index in [1.54, 1.807) is 0 Å². The van der Waals surface area contributed by atoms with Crippen LogP contribution in [0.4, 0.5) is 0 Å². The lowest BCUT2D eigenvalue weighted by Gasteiger charge is -2.28. The summed E-state index contributed by atoms with van der Waals surface area (Å²) in [5.41, 5.74) is 3.86. The van der Waals surface area contributed by atoms with E-state index in [0.29, 0.717) is 0 Å². The molecule has 4 heteroatoms. The molecule has 0 aliphatic carbocycles. The second-order valence-corrected chi connectivity index (χ2v) is 11.2. The van der Waals surface area contributed by atoms with Crippen molar-refractivity contribution in [3.8, 4) is 0 Å². The zero-order valence-corrected chi connectivity index (χ0v) is 19.2. The molecule has 30 heavy (non-hydrogen) atoms. The Bertz CT molecular complexity index is 866. The smallest absolute Gasteiger partial charge is 0.112 e. The predicted molar refractivity (Wildman–Crippen MR) is 127 cm³/mol. The highest BCUT2D eigenvalue weighted by Crippen LogP contribution is 2.56. The largest absolute Gasteiger partial charge is 0.550 e. The molecule has 0 unspecified atom stereocenters. The van der Waals surface area contributed by atoms with E-state index < -0.39 is 13.2 Å². The second-order valence-electron chi connectivity index (χ2n) is 7.62. The minimum atomic E-state index is -1.81. The van der Waals surface area contributed by atoms with Crippen molar-refractivity contribution in [1.82, 2.24) is 0 Å². The van der Waals surface area contributed by atoms with E-state index in [4.69, 9.17) is 9.90 Å². The van der Waals surface area contributed by atoms with E-state index >= 15 is 0 Å². The summed E-state index contributed by atoms with van der Waals surface area (Å²) in [4.78, 5) is 8.89. The summed E-state index contributed by atoms with van der Waals surface area (Å²) in [6.45, 7) is 7.69. The van der Waals surface area contributed by atoms with Gasteiger partial charge in [-0.15, -0.1) is 0 Å². The van der Waals surface area contributed by atoms with Gasteiger partial charge in [0.05, 0.1) is 6.16 Å². The molecule has 0 radical (unpaired) electrons. The number of aliphatic hydroxyl groups excluding tert-OH is 1. The van der Waals surface area contributed by atoms with E-state index in [1.165, 1.54) is 32.6 Å². The van der Waals surface area contributed by atoms with Crippen molar-refractivity contribution in [3.05, 3.63) is 89.5 Å². The van der Waals surface area contributed by atoms with Gasteiger partial charge >= 0.3 is 0 Å². The number of carboxylic acid groups (broad SMARTS) is 1. The second kappa shape index (κ2) is 11.1. The first-order valence-corrected chi connectivity index (χ1v) is 12.1. The first-order chi connectivity index (χ1) is 14.3. The third-order valence-corrected chi connectivity index (χ3v) is 9.45. The minimum Gasteiger partial charge on any atom is -0.550 e. The van der Waals surface area contributed by atoms with Gasteiger partial charge in [0.2, 0.25) is 0 Å². The predicted octanol–water partition coefficient (Wildman–Crippen LogP) is 3.04. The topological polar surface area (TPSA) is 60.4 Å². The van der Waals surface area contributed by atoms with E-state index in [0.717, 1.165) is 19.5 Å². The van der Waals surface area contributed by atoms with Crippen molar-refractivity contribution in [2.45, 2.75) is 34.1 Å². The Morgan fingerprint density at radius 2 is 1.13 bits per heavy atom. The molecule has 158 valence electrons. The summed E-state index contributed by atoms with van der Waals surface area (Å²) in [6.07, 6.45) is 1.80. The molecular formula is C26H31O3P. The molecule has 0 aliphatic rings. The Hall–Kier alpha value is -2.48. The molecule has 0 amide bonds. The van der Waals surface area contributed by atoms with Gasteiger partial charge in [0.15, 0.2) is 0 Å². The van der Waals surface area contributed by atoms with Crippen molar-refractivity contribution in [2.24, 2.45) is 0 Å². The maximum Gasteiger partial charge on any atom is 0.112 e. The number of carboxylic acids is 1. The van der Waals surface area contributed by atoms with E-state index in [1.807, 2.05) is 0 Å². The summed E-state index contributed by atoms with van der Waals surface area (Å²) in [7, 11) is -1.81. The first kappa shape index (κ1) is 23.8. The Balaban J connectivity index is 0.000000735. The highest BCUT2D eigenvalue weighted by molar-refractivity contribution is 7.95. The molecule has 0 bridgehead atoms. The highest BCUT2D eigenvalue weighted by Gasteiger charge is 2.44. The Labute approximate surface area is 180 Å². The molecule has 3 aromatic rings. The number of hydrogen-bond acceptors (Lipinski definition) is 3. The normalized spacial score (nSPS) is 10.8. The van der Waals surface area contributed by atoms with Crippen molar-refractivity contribution in [3.63, 3.8) is 0 Å². The number of aliphatic carboxylic acids is 1. The van der Waals surface area contributed by atoms with Gasteiger partial charge in [-0.25, -0.2) is 0 Å². The van der Waals surface area contributed by atoms with Gasteiger partial charge in [0.25, 0.3) is 0 Å². The zero-order chi connectivity index (χ0) is 22.1. The summed E-state index contributed by atoms with van der Waals surface area (Å²) in [5, 5.41) is 22.8. The molecule has 1 N–H and O–H groups in total. The number of carbonyl (C=O) groups is 1. The zero-order valence-electron chi connectivity index (χ0n) is 18.3. The molecule has 0 saturated heterocycles. The molecule has 0 saturated carbocycles. The van der Waals surface area contributed by atoms with Gasteiger partial charge < -0.3 is 15.0 Å². The fourth-order valence-corrected chi connectivity index (χ4v) is 8.32. The van der Waals surface area contributed by atoms with Crippen LogP contribution in [0.3, 0.4) is 0 Å². The molecule has 3 rings (SSSR count). The Morgan fingerprint density at radius 3 is 1.40 bits per heavy atom. The molecule has 3 nitrogen and oxygen atoms in total. The third-order valence-electron chi connectivity index (χ3n) is 4.98. The average Bonchev–Trinajstić information content (AvgIpc) is 2.68. The van der Waals surface area contributed by atoms with Crippen molar-refractivity contribution in [2.75, 3.05) is 12.8 Å². The van der Waals surface area contributed by atoms with Crippen molar-refractivity contribution >= 4 is 29.1 Å². The van der Waals surface area contributed by atoms with Crippen molar-refractivity contribution in [1.29, 1.82) is 0 Å². The highest BCUT2D eigenvalue weighted by atomic mass is 31.2. The van der Waals surface area contributed by atoms with Gasteiger partial charge in [-0.2, -0.15) is 0 Å². The van der Waals surface area contributed by atoms with Crippen LogP contribution in [0.2, 0.25) is 0 Å². The molecule has 0 heterocycles. The monoisotopic (exact) mass is 422 g/mol. The number of rotatable bonds is 6. The summed E-state index contributed by atoms with van der Waals surface area (Å²) >= 11 is 0. The van der Waals surface area contributed by atoms with Crippen LogP contribution in [0.5, 0.6) is 0 Å². The van der Waals surface area contributed by atoms with Gasteiger partial charge in [0.1, 0.15) is 23.2 Å². The van der Waals surface area contributed by atoms with E-state index in [2.05, 4.69) is 93.6 Å². The van der Waals surface area contributed by atoms with Crippen LogP contribution < -0.4 is 21.0 Å². The number of aliphatic hydroxyl groups is 1. The van der Waals surface area contributed by atoms with Crippen LogP contribution in [0.1, 0.15) is 30.0 Å². The number of benzene rings is 3. The molecule has 0 fully saturated rings. The van der Waals surface area contributed by atoms with Crippen molar-refractivity contribution < 1.29 is 15.0 Å². The van der Waals surface area contributed by atoms with Crippen LogP contribution in [0, 0.1) is 20.8 Å². The third kappa shape index (κ3) is 6.01. The summed E-state index contributed by atoms with van der Waals surface area (Å²) in [5.74, 6) is -1.08. The molecular weight excluding hydrogens is 391 g/mol. The fraction of sp³-hybridized carbons (Fsp3) is 0.269. The SMILES string of the molecule is CC(=O)[O-].Cc1cccc([P+](CCCO)(c2cccc(C)c2)c2cccc(C)c2)c1. The maximum absolute atomic E-state index is 9.65. The van der Waals surface area contributed by atoms with Crippen LogP contribution >= 0.6 is 7.26 Å². The van der Waals surface area contributed by atoms with Crippen LogP contribution in [-0.2, 0) is 4.79 Å². The lowest BCUT2D eigenvalue weighted by molar-refractivity contribution is -0.302. The quantitative estimate of drug-likeness (QED) is 0.621. The van der Waals surface area contributed by atoms with Crippen LogP contribution in [-0.4, -0.2) is 23.8 Å². The molecule has 0 atom stereocenters. The molecule has 0 spiro atoms. The van der Waals surface area contributed by atoms with Crippen LogP contribution in [0.25, 0.3) is 0 Å². The lowest BCUT2D eigenvalue weighted by Crippen LogP contribution is -2.34. The minimum absolute atomic E-state index is 0.227. The van der Waals surface area contributed by atoms with Gasteiger partial charge in [-0.05, 0) is 80.8 Å². The van der Waals surface area contributed by atoms with E-state index in [9.17, 15) is 5.11 Å². The van der Waals surface area contributed by atoms with Gasteiger partial charge in [-0.1, -0.05) is 36.4 Å². The summed E-state index contributed by atoms with van der Waals surface area (Å²) < 4.78 is 0. The fourth-order valence-electron chi connectivity index (χ4n) is 3.74. The standard InChI is InChI=1S/C24H28OP.C2H4O2/c1-19-8-4-11-22(16-19)26(15-7-14-25,23-12-5-9-20(2)17-23)24-13-6-10-21(3)18-24;1-2(3)4/h4-6,8-13,16-18,25H,7,14-15H2,1-3H3;1H3,(H,3,4)/q+1;/p-1. The lowest BCUT2D eigenvalue weighted by atomic mass is 10.2. The number of carbonyl (C=O) groups excluding carboxylic acids is 1. The maximum atomic E-state index is 9.65. The van der Waals surface area contributed by atoms with Crippen LogP contribution in [0.15, 0.2) is 72.8 Å². The number of aryl methyl sites for hydroxylation is 3. The molecule has 3 aromatic carbocycles. The Morgan fingerprint density at radius 1 is 0.800 bits per heavy atom. The first-order valence-electron chi connectivity index (χ1n) is 10.2. The molecule has 0 aromatic heterocycles. The van der Waals surface area contributed by atoms with E-state index in [-0.39, 0.29) is 6.61 Å². The average molecular weight is 423 g/mol. The Kier molecular flexibility index (Phi) is 8.77. The van der Waals surface area contributed by atoms with Gasteiger partial charge in [-0.3, -0.25) is 0 Å².